The quantitative estimate of drug-likeness (QED) is 0.612. The van der Waals surface area contributed by atoms with Crippen LogP contribution in [0.4, 0.5) is 0 Å². The van der Waals surface area contributed by atoms with Crippen molar-refractivity contribution in [3.05, 3.63) is 4.91 Å². The van der Waals surface area contributed by atoms with E-state index in [1.165, 1.54) is 19.3 Å². The maximum atomic E-state index is 10.5. The van der Waals surface area contributed by atoms with Gasteiger partial charge in [-0.1, -0.05) is 11.6 Å². The summed E-state index contributed by atoms with van der Waals surface area (Å²) in [5.41, 5.74) is 0. The van der Waals surface area contributed by atoms with Crippen LogP contribution >= 0.6 is 0 Å². The molecule has 1 fully saturated rings. The fourth-order valence-electron chi connectivity index (χ4n) is 1.81. The summed E-state index contributed by atoms with van der Waals surface area (Å²) in [5, 5.41) is 3.10. The Bertz CT molecular complexity index is 158. The van der Waals surface area contributed by atoms with E-state index < -0.39 is 0 Å². The van der Waals surface area contributed by atoms with E-state index in [1.54, 1.807) is 0 Å². The van der Waals surface area contributed by atoms with Crippen molar-refractivity contribution in [3.63, 3.8) is 0 Å². The molecule has 82 valence electrons. The van der Waals surface area contributed by atoms with Gasteiger partial charge in [-0.3, -0.25) is 0 Å². The second kappa shape index (κ2) is 6.90. The molecule has 0 radical (unpaired) electrons. The van der Waals surface area contributed by atoms with Gasteiger partial charge in [-0.2, -0.15) is 4.91 Å². The zero-order valence-corrected chi connectivity index (χ0v) is 8.95. The molecule has 1 saturated heterocycles. The minimum absolute atomic E-state index is 0.187. The lowest BCUT2D eigenvalue weighted by Crippen LogP contribution is -2.37. The van der Waals surface area contributed by atoms with Gasteiger partial charge >= 0.3 is 0 Å². The van der Waals surface area contributed by atoms with E-state index in [0.29, 0.717) is 13.2 Å². The molecule has 1 aliphatic heterocycles. The zero-order chi connectivity index (χ0) is 10.2. The van der Waals surface area contributed by atoms with E-state index >= 15 is 0 Å². The Morgan fingerprint density at radius 3 is 2.64 bits per heavy atom. The predicted molar refractivity (Wildman–Crippen MR) is 56.4 cm³/mol. The molecule has 0 bridgehead atoms. The number of rotatable bonds is 6. The average molecular weight is 200 g/mol. The largest absolute Gasteiger partial charge is 0.379 e. The van der Waals surface area contributed by atoms with E-state index in [0.717, 1.165) is 19.6 Å². The minimum Gasteiger partial charge on any atom is -0.379 e. The van der Waals surface area contributed by atoms with E-state index in [9.17, 15) is 4.91 Å². The van der Waals surface area contributed by atoms with Crippen LogP contribution in [0.15, 0.2) is 5.18 Å². The molecule has 0 N–H and O–H groups in total. The molecule has 1 rings (SSSR count). The molecule has 4 heteroatoms. The average Bonchev–Trinajstić information content (AvgIpc) is 2.25. The summed E-state index contributed by atoms with van der Waals surface area (Å²) in [5.74, 6) is 0. The van der Waals surface area contributed by atoms with Gasteiger partial charge in [0.15, 0.2) is 0 Å². The molecule has 0 saturated carbocycles. The van der Waals surface area contributed by atoms with Crippen molar-refractivity contribution in [2.24, 2.45) is 5.18 Å². The Hall–Kier alpha value is -0.480. The monoisotopic (exact) mass is 200 g/mol. The molecule has 1 aliphatic rings. The summed E-state index contributed by atoms with van der Waals surface area (Å²) in [6, 6.07) is -0.187. The first-order valence-corrected chi connectivity index (χ1v) is 5.49. The van der Waals surface area contributed by atoms with Gasteiger partial charge in [-0.15, -0.1) is 0 Å². The maximum Gasteiger partial charge on any atom is 0.128 e. The Labute approximate surface area is 85.6 Å². The Morgan fingerprint density at radius 2 is 2.07 bits per heavy atom. The Kier molecular flexibility index (Phi) is 5.71. The van der Waals surface area contributed by atoms with Crippen molar-refractivity contribution < 1.29 is 4.74 Å². The molecule has 4 nitrogen and oxygen atoms in total. The third kappa shape index (κ3) is 4.15. The molecular weight excluding hydrogens is 180 g/mol. The highest BCUT2D eigenvalue weighted by Crippen LogP contribution is 2.09. The van der Waals surface area contributed by atoms with Gasteiger partial charge in [0.05, 0.1) is 6.61 Å². The Morgan fingerprint density at radius 1 is 1.36 bits per heavy atom. The van der Waals surface area contributed by atoms with Gasteiger partial charge in [-0.25, -0.2) is 0 Å². The lowest BCUT2D eigenvalue weighted by atomic mass is 10.1. The number of nitrogens with zero attached hydrogens (tertiary/aromatic N) is 2. The molecule has 0 aromatic carbocycles. The normalized spacial score (nSPS) is 20.6. The molecule has 0 amide bonds. The number of hydrogen-bond acceptors (Lipinski definition) is 4. The van der Waals surface area contributed by atoms with E-state index in [1.807, 2.05) is 6.92 Å². The fourth-order valence-corrected chi connectivity index (χ4v) is 1.81. The Balaban J connectivity index is 2.20. The van der Waals surface area contributed by atoms with Gasteiger partial charge in [-0.05, 0) is 32.9 Å². The van der Waals surface area contributed by atoms with Gasteiger partial charge in [0.25, 0.3) is 0 Å². The standard InChI is InChI=1S/C10H20N2O2/c1-2-14-9-10(11-13)8-12-6-4-3-5-7-12/h10H,2-9H2,1H3. The smallest absolute Gasteiger partial charge is 0.128 e. The lowest BCUT2D eigenvalue weighted by molar-refractivity contribution is 0.112. The van der Waals surface area contributed by atoms with Gasteiger partial charge in [0, 0.05) is 13.2 Å². The summed E-state index contributed by atoms with van der Waals surface area (Å²) < 4.78 is 5.21. The van der Waals surface area contributed by atoms with Crippen LogP contribution in [0.1, 0.15) is 26.2 Å². The zero-order valence-electron chi connectivity index (χ0n) is 8.95. The molecular formula is C10H20N2O2. The molecule has 14 heavy (non-hydrogen) atoms. The molecule has 1 atom stereocenters. The van der Waals surface area contributed by atoms with Crippen molar-refractivity contribution in [2.45, 2.75) is 32.2 Å². The number of hydrogen-bond donors (Lipinski definition) is 0. The van der Waals surface area contributed by atoms with Crippen LogP contribution in [-0.2, 0) is 4.74 Å². The van der Waals surface area contributed by atoms with Crippen LogP contribution in [0.5, 0.6) is 0 Å². The van der Waals surface area contributed by atoms with E-state index in [2.05, 4.69) is 10.1 Å². The molecule has 0 aromatic heterocycles. The lowest BCUT2D eigenvalue weighted by Gasteiger charge is -2.27. The maximum absolute atomic E-state index is 10.5. The first-order valence-electron chi connectivity index (χ1n) is 5.49. The molecule has 0 spiro atoms. The van der Waals surface area contributed by atoms with Gasteiger partial charge in [0.2, 0.25) is 0 Å². The second-order valence-electron chi connectivity index (χ2n) is 3.78. The van der Waals surface area contributed by atoms with E-state index in [4.69, 9.17) is 4.74 Å². The highest BCUT2D eigenvalue weighted by molar-refractivity contribution is 4.73. The summed E-state index contributed by atoms with van der Waals surface area (Å²) in [6.45, 7) is 6.05. The SMILES string of the molecule is CCOCC(CN1CCCCC1)N=O. The molecule has 0 aromatic rings. The van der Waals surface area contributed by atoms with Crippen molar-refractivity contribution >= 4 is 0 Å². The van der Waals surface area contributed by atoms with Crippen LogP contribution in [0.3, 0.4) is 0 Å². The number of nitroso groups, excluding NO2 is 1. The topological polar surface area (TPSA) is 41.9 Å². The van der Waals surface area contributed by atoms with Gasteiger partial charge in [0.1, 0.15) is 6.04 Å². The van der Waals surface area contributed by atoms with E-state index in [-0.39, 0.29) is 6.04 Å². The highest BCUT2D eigenvalue weighted by Gasteiger charge is 2.16. The van der Waals surface area contributed by atoms with Crippen LogP contribution in [-0.4, -0.2) is 43.8 Å². The second-order valence-corrected chi connectivity index (χ2v) is 3.78. The summed E-state index contributed by atoms with van der Waals surface area (Å²) in [7, 11) is 0. The van der Waals surface area contributed by atoms with Crippen LogP contribution in [0.25, 0.3) is 0 Å². The summed E-state index contributed by atoms with van der Waals surface area (Å²) >= 11 is 0. The number of likely N-dealkylation sites (tertiary alicyclic amines) is 1. The number of piperidine rings is 1. The number of ether oxygens (including phenoxy) is 1. The van der Waals surface area contributed by atoms with Crippen LogP contribution < -0.4 is 0 Å². The predicted octanol–water partition coefficient (Wildman–Crippen LogP) is 1.64. The third-order valence-corrected chi connectivity index (χ3v) is 2.58. The molecule has 1 heterocycles. The fraction of sp³-hybridized carbons (Fsp3) is 1.00. The first-order chi connectivity index (χ1) is 6.86. The van der Waals surface area contributed by atoms with Crippen molar-refractivity contribution in [3.8, 4) is 0 Å². The van der Waals surface area contributed by atoms with Crippen molar-refractivity contribution in [1.29, 1.82) is 0 Å². The minimum atomic E-state index is -0.187. The van der Waals surface area contributed by atoms with Crippen LogP contribution in [0.2, 0.25) is 0 Å². The van der Waals surface area contributed by atoms with Crippen molar-refractivity contribution in [2.75, 3.05) is 32.8 Å². The summed E-state index contributed by atoms with van der Waals surface area (Å²) in [4.78, 5) is 12.8. The van der Waals surface area contributed by atoms with Crippen LogP contribution in [0, 0.1) is 4.91 Å². The summed E-state index contributed by atoms with van der Waals surface area (Å²) in [6.07, 6.45) is 3.82. The first kappa shape index (κ1) is 11.6. The highest BCUT2D eigenvalue weighted by atomic mass is 16.5. The van der Waals surface area contributed by atoms with Crippen molar-refractivity contribution in [1.82, 2.24) is 4.90 Å². The molecule has 1 unspecified atom stereocenters. The molecule has 0 aliphatic carbocycles. The third-order valence-electron chi connectivity index (χ3n) is 2.58. The van der Waals surface area contributed by atoms with Gasteiger partial charge < -0.3 is 9.64 Å².